The van der Waals surface area contributed by atoms with Gasteiger partial charge in [0.15, 0.2) is 11.5 Å². The third-order valence-electron chi connectivity index (χ3n) is 4.72. The van der Waals surface area contributed by atoms with Gasteiger partial charge in [0.2, 0.25) is 12.7 Å². The maximum atomic E-state index is 12.2. The van der Waals surface area contributed by atoms with Crippen LogP contribution in [0, 0.1) is 0 Å². The Morgan fingerprint density at radius 3 is 2.69 bits per heavy atom. The molecule has 1 amide bonds. The van der Waals surface area contributed by atoms with E-state index >= 15 is 0 Å². The van der Waals surface area contributed by atoms with Gasteiger partial charge in [0, 0.05) is 44.1 Å². The quantitative estimate of drug-likeness (QED) is 0.838. The monoisotopic (exact) mass is 373 g/mol. The molecule has 2 aromatic rings. The first kappa shape index (κ1) is 17.3. The Balaban J connectivity index is 1.18. The van der Waals surface area contributed by atoms with Gasteiger partial charge in [-0.2, -0.15) is 0 Å². The van der Waals surface area contributed by atoms with Gasteiger partial charge in [0.1, 0.15) is 0 Å². The maximum Gasteiger partial charge on any atom is 0.234 e. The number of hydrogen-bond acceptors (Lipinski definition) is 6. The summed E-state index contributed by atoms with van der Waals surface area (Å²) in [6, 6.07) is 10.0. The molecule has 0 radical (unpaired) electrons. The average Bonchev–Trinajstić information content (AvgIpc) is 3.33. The van der Waals surface area contributed by atoms with Crippen molar-refractivity contribution in [1.29, 1.82) is 0 Å². The van der Waals surface area contributed by atoms with Gasteiger partial charge in [-0.3, -0.25) is 14.6 Å². The average molecular weight is 373 g/mol. The van der Waals surface area contributed by atoms with Crippen LogP contribution in [0.4, 0.5) is 0 Å². The standard InChI is InChI=1S/C19H23N3O3S/c23-19(20-11-15-3-4-17-18(10-15)25-14-24-17)13-22-7-5-21(6-8-22)12-16-2-1-9-26-16/h1-4,9-10H,5-8,11-14H2,(H,20,23). The summed E-state index contributed by atoms with van der Waals surface area (Å²) in [5.41, 5.74) is 1.02. The fourth-order valence-corrected chi connectivity index (χ4v) is 3.99. The van der Waals surface area contributed by atoms with Crippen molar-refractivity contribution in [3.63, 3.8) is 0 Å². The van der Waals surface area contributed by atoms with Crippen LogP contribution < -0.4 is 14.8 Å². The van der Waals surface area contributed by atoms with Crippen LogP contribution in [0.15, 0.2) is 35.7 Å². The van der Waals surface area contributed by atoms with E-state index in [2.05, 4.69) is 32.6 Å². The summed E-state index contributed by atoms with van der Waals surface area (Å²) in [6.45, 7) is 6.13. The molecule has 0 atom stereocenters. The van der Waals surface area contributed by atoms with Crippen molar-refractivity contribution < 1.29 is 14.3 Å². The fraction of sp³-hybridized carbons (Fsp3) is 0.421. The Morgan fingerprint density at radius 1 is 1.08 bits per heavy atom. The van der Waals surface area contributed by atoms with Gasteiger partial charge in [-0.1, -0.05) is 12.1 Å². The third-order valence-corrected chi connectivity index (χ3v) is 5.58. The van der Waals surface area contributed by atoms with E-state index in [-0.39, 0.29) is 12.7 Å². The minimum absolute atomic E-state index is 0.0642. The largest absolute Gasteiger partial charge is 0.454 e. The summed E-state index contributed by atoms with van der Waals surface area (Å²) in [4.78, 5) is 18.3. The number of benzene rings is 1. The van der Waals surface area contributed by atoms with Crippen LogP contribution in [-0.2, 0) is 17.9 Å². The van der Waals surface area contributed by atoms with Crippen molar-refractivity contribution in [2.75, 3.05) is 39.5 Å². The molecule has 1 fully saturated rings. The summed E-state index contributed by atoms with van der Waals surface area (Å²) in [5.74, 6) is 1.58. The second kappa shape index (κ2) is 8.07. The molecule has 2 aliphatic heterocycles. The van der Waals surface area contributed by atoms with Crippen LogP contribution in [0.3, 0.4) is 0 Å². The Bertz CT molecular complexity index is 742. The number of nitrogens with zero attached hydrogens (tertiary/aromatic N) is 2. The fourth-order valence-electron chi connectivity index (χ4n) is 3.24. The molecular formula is C19H23N3O3S. The summed E-state index contributed by atoms with van der Waals surface area (Å²) in [6.07, 6.45) is 0. The molecule has 138 valence electrons. The number of carbonyl (C=O) groups excluding carboxylic acids is 1. The van der Waals surface area contributed by atoms with E-state index in [1.807, 2.05) is 18.2 Å². The molecule has 2 aliphatic rings. The number of hydrogen-bond donors (Lipinski definition) is 1. The van der Waals surface area contributed by atoms with Crippen molar-refractivity contribution in [3.05, 3.63) is 46.2 Å². The molecule has 6 nitrogen and oxygen atoms in total. The van der Waals surface area contributed by atoms with Crippen molar-refractivity contribution in [1.82, 2.24) is 15.1 Å². The molecule has 1 aromatic carbocycles. The van der Waals surface area contributed by atoms with Crippen molar-refractivity contribution in [2.45, 2.75) is 13.1 Å². The number of ether oxygens (including phenoxy) is 2. The number of nitrogens with one attached hydrogen (secondary N) is 1. The molecule has 0 aliphatic carbocycles. The van der Waals surface area contributed by atoms with E-state index in [4.69, 9.17) is 9.47 Å². The molecule has 1 N–H and O–H groups in total. The molecule has 0 bridgehead atoms. The smallest absolute Gasteiger partial charge is 0.234 e. The van der Waals surface area contributed by atoms with E-state index in [0.717, 1.165) is 49.8 Å². The van der Waals surface area contributed by atoms with Crippen LogP contribution in [0.5, 0.6) is 11.5 Å². The highest BCUT2D eigenvalue weighted by molar-refractivity contribution is 7.09. The summed E-state index contributed by atoms with van der Waals surface area (Å²) in [7, 11) is 0. The molecule has 0 saturated carbocycles. The lowest BCUT2D eigenvalue weighted by atomic mass is 10.2. The molecule has 3 heterocycles. The summed E-state index contributed by atoms with van der Waals surface area (Å²) in [5, 5.41) is 5.12. The van der Waals surface area contributed by atoms with Crippen LogP contribution >= 0.6 is 11.3 Å². The van der Waals surface area contributed by atoms with Crippen LogP contribution in [0.2, 0.25) is 0 Å². The molecule has 0 spiro atoms. The number of amides is 1. The normalized spacial score (nSPS) is 17.4. The van der Waals surface area contributed by atoms with E-state index in [1.54, 1.807) is 11.3 Å². The van der Waals surface area contributed by atoms with Crippen LogP contribution in [-0.4, -0.2) is 55.2 Å². The van der Waals surface area contributed by atoms with Crippen LogP contribution in [0.1, 0.15) is 10.4 Å². The first-order valence-corrected chi connectivity index (χ1v) is 9.76. The van der Waals surface area contributed by atoms with Gasteiger partial charge in [-0.05, 0) is 29.1 Å². The van der Waals surface area contributed by atoms with Gasteiger partial charge < -0.3 is 14.8 Å². The maximum absolute atomic E-state index is 12.2. The molecule has 1 aromatic heterocycles. The SMILES string of the molecule is O=C(CN1CCN(Cc2cccs2)CC1)NCc1ccc2c(c1)OCO2. The zero-order valence-electron chi connectivity index (χ0n) is 14.6. The predicted octanol–water partition coefficient (Wildman–Crippen LogP) is 1.91. The van der Waals surface area contributed by atoms with Gasteiger partial charge in [-0.15, -0.1) is 11.3 Å². The molecule has 26 heavy (non-hydrogen) atoms. The molecule has 7 heteroatoms. The van der Waals surface area contributed by atoms with Crippen molar-refractivity contribution in [2.24, 2.45) is 0 Å². The van der Waals surface area contributed by atoms with E-state index < -0.39 is 0 Å². The van der Waals surface area contributed by atoms with Gasteiger partial charge in [-0.25, -0.2) is 0 Å². The lowest BCUT2D eigenvalue weighted by molar-refractivity contribution is -0.122. The summed E-state index contributed by atoms with van der Waals surface area (Å²) >= 11 is 1.80. The summed E-state index contributed by atoms with van der Waals surface area (Å²) < 4.78 is 10.7. The van der Waals surface area contributed by atoms with Crippen LogP contribution in [0.25, 0.3) is 0 Å². The highest BCUT2D eigenvalue weighted by atomic mass is 32.1. The van der Waals surface area contributed by atoms with Gasteiger partial charge >= 0.3 is 0 Å². The number of thiophene rings is 1. The number of rotatable bonds is 6. The number of carbonyl (C=O) groups is 1. The Hall–Kier alpha value is -2.09. The lowest BCUT2D eigenvalue weighted by Crippen LogP contribution is -2.48. The number of piperazine rings is 1. The van der Waals surface area contributed by atoms with Crippen molar-refractivity contribution >= 4 is 17.2 Å². The Labute approximate surface area is 157 Å². The Kier molecular flexibility index (Phi) is 5.38. The lowest BCUT2D eigenvalue weighted by Gasteiger charge is -2.34. The third kappa shape index (κ3) is 4.35. The van der Waals surface area contributed by atoms with E-state index in [0.29, 0.717) is 13.1 Å². The first-order valence-electron chi connectivity index (χ1n) is 8.88. The predicted molar refractivity (Wildman–Crippen MR) is 100 cm³/mol. The zero-order chi connectivity index (χ0) is 17.8. The highest BCUT2D eigenvalue weighted by Crippen LogP contribution is 2.32. The van der Waals surface area contributed by atoms with Gasteiger partial charge in [0.05, 0.1) is 6.54 Å². The Morgan fingerprint density at radius 2 is 1.88 bits per heavy atom. The van der Waals surface area contributed by atoms with Gasteiger partial charge in [0.25, 0.3) is 0 Å². The molecular weight excluding hydrogens is 350 g/mol. The second-order valence-electron chi connectivity index (χ2n) is 6.60. The van der Waals surface area contributed by atoms with Crippen molar-refractivity contribution in [3.8, 4) is 11.5 Å². The minimum Gasteiger partial charge on any atom is -0.454 e. The topological polar surface area (TPSA) is 54.0 Å². The minimum atomic E-state index is 0.0642. The molecule has 1 saturated heterocycles. The highest BCUT2D eigenvalue weighted by Gasteiger charge is 2.19. The zero-order valence-corrected chi connectivity index (χ0v) is 15.5. The van der Waals surface area contributed by atoms with E-state index in [9.17, 15) is 4.79 Å². The second-order valence-corrected chi connectivity index (χ2v) is 7.63. The first-order chi connectivity index (χ1) is 12.8. The van der Waals surface area contributed by atoms with E-state index in [1.165, 1.54) is 4.88 Å². The molecule has 0 unspecified atom stereocenters. The number of fused-ring (bicyclic) bond motifs is 1. The molecule has 4 rings (SSSR count).